The van der Waals surface area contributed by atoms with Crippen molar-refractivity contribution in [3.63, 3.8) is 0 Å². The molecule has 2 aromatic carbocycles. The summed E-state index contributed by atoms with van der Waals surface area (Å²) < 4.78 is 38.9. The fourth-order valence-electron chi connectivity index (χ4n) is 4.01. The second kappa shape index (κ2) is 7.68. The van der Waals surface area contributed by atoms with Gasteiger partial charge in [-0.25, -0.2) is 8.42 Å². The largest absolute Gasteiger partial charge is 0.497 e. The molecule has 0 bridgehead atoms. The van der Waals surface area contributed by atoms with Crippen LogP contribution in [0.1, 0.15) is 23.2 Å². The van der Waals surface area contributed by atoms with Crippen molar-refractivity contribution in [2.24, 2.45) is 0 Å². The van der Waals surface area contributed by atoms with Crippen LogP contribution in [0.4, 0.5) is 0 Å². The molecular weight excluding hydrogens is 392 g/mol. The Morgan fingerprint density at radius 1 is 1.10 bits per heavy atom. The van der Waals surface area contributed by atoms with Gasteiger partial charge in [0, 0.05) is 32.1 Å². The number of ether oxygens (including phenoxy) is 2. The third-order valence-corrected chi connectivity index (χ3v) is 7.59. The molecule has 0 spiro atoms. The lowest BCUT2D eigenvalue weighted by molar-refractivity contribution is 0.0755. The molecule has 0 aliphatic carbocycles. The maximum absolute atomic E-state index is 13.1. The number of amides is 1. The number of hydrogen-bond donors (Lipinski definition) is 0. The number of carbonyl (C=O) groups excluding carboxylic acids is 1. The van der Waals surface area contributed by atoms with Crippen molar-refractivity contribution < 1.29 is 22.7 Å². The minimum absolute atomic E-state index is 0.0914. The first-order valence-corrected chi connectivity index (χ1v) is 11.0. The van der Waals surface area contributed by atoms with Gasteiger partial charge in [0.05, 0.1) is 13.2 Å². The third-order valence-electron chi connectivity index (χ3n) is 5.66. The minimum atomic E-state index is -3.65. The Balaban J connectivity index is 1.59. The first-order chi connectivity index (χ1) is 13.9. The molecule has 4 rings (SSSR count). The molecule has 2 atom stereocenters. The zero-order valence-electron chi connectivity index (χ0n) is 16.4. The van der Waals surface area contributed by atoms with E-state index >= 15 is 0 Å². The van der Waals surface area contributed by atoms with E-state index in [-0.39, 0.29) is 22.9 Å². The van der Waals surface area contributed by atoms with Crippen LogP contribution in [-0.4, -0.2) is 62.9 Å². The van der Waals surface area contributed by atoms with Gasteiger partial charge in [-0.3, -0.25) is 4.79 Å². The fraction of sp³-hybridized carbons (Fsp3) is 0.381. The average Bonchev–Trinajstić information content (AvgIpc) is 2.99. The van der Waals surface area contributed by atoms with Crippen LogP contribution in [0.15, 0.2) is 53.4 Å². The van der Waals surface area contributed by atoms with Crippen molar-refractivity contribution in [1.29, 1.82) is 0 Å². The predicted molar refractivity (Wildman–Crippen MR) is 108 cm³/mol. The summed E-state index contributed by atoms with van der Waals surface area (Å²) in [7, 11) is -0.495. The van der Waals surface area contributed by atoms with E-state index in [0.717, 1.165) is 0 Å². The summed E-state index contributed by atoms with van der Waals surface area (Å²) in [5.41, 5.74) is 0.554. The van der Waals surface area contributed by atoms with Crippen molar-refractivity contribution in [3.05, 3.63) is 54.1 Å². The monoisotopic (exact) mass is 416 g/mol. The van der Waals surface area contributed by atoms with E-state index in [9.17, 15) is 13.2 Å². The number of likely N-dealkylation sites (N-methyl/N-ethyl adjacent to an activating group) is 1. The van der Waals surface area contributed by atoms with Gasteiger partial charge >= 0.3 is 0 Å². The number of nitrogens with zero attached hydrogens (tertiary/aromatic N) is 2. The van der Waals surface area contributed by atoms with E-state index in [1.165, 1.54) is 4.31 Å². The number of carbonyl (C=O) groups is 1. The highest BCUT2D eigenvalue weighted by Gasteiger charge is 2.41. The van der Waals surface area contributed by atoms with Gasteiger partial charge in [-0.05, 0) is 36.8 Å². The van der Waals surface area contributed by atoms with Crippen molar-refractivity contribution in [2.75, 3.05) is 27.2 Å². The Morgan fingerprint density at radius 3 is 2.66 bits per heavy atom. The summed E-state index contributed by atoms with van der Waals surface area (Å²) in [6.45, 7) is 0.948. The Kier molecular flexibility index (Phi) is 5.23. The molecule has 0 N–H and O–H groups in total. The van der Waals surface area contributed by atoms with E-state index < -0.39 is 10.0 Å². The van der Waals surface area contributed by atoms with Gasteiger partial charge in [0.1, 0.15) is 22.5 Å². The maximum atomic E-state index is 13.1. The molecule has 154 valence electrons. The minimum Gasteiger partial charge on any atom is -0.497 e. The molecule has 2 aliphatic heterocycles. The van der Waals surface area contributed by atoms with Gasteiger partial charge in [0.2, 0.25) is 10.0 Å². The zero-order valence-corrected chi connectivity index (χ0v) is 17.3. The Morgan fingerprint density at radius 2 is 1.86 bits per heavy atom. The number of rotatable bonds is 2. The number of sulfonamides is 1. The number of fused-ring (bicyclic) bond motifs is 2. The van der Waals surface area contributed by atoms with Crippen molar-refractivity contribution in [2.45, 2.75) is 29.9 Å². The van der Waals surface area contributed by atoms with Crippen LogP contribution in [0.3, 0.4) is 0 Å². The summed E-state index contributed by atoms with van der Waals surface area (Å²) >= 11 is 0. The second-order valence-electron chi connectivity index (χ2n) is 7.29. The Bertz CT molecular complexity index is 1020. The molecule has 29 heavy (non-hydrogen) atoms. The van der Waals surface area contributed by atoms with Crippen LogP contribution >= 0.6 is 0 Å². The van der Waals surface area contributed by atoms with E-state index in [4.69, 9.17) is 9.47 Å². The maximum Gasteiger partial charge on any atom is 0.253 e. The molecule has 1 saturated heterocycles. The highest BCUT2D eigenvalue weighted by Crippen LogP contribution is 2.35. The quantitative estimate of drug-likeness (QED) is 0.751. The van der Waals surface area contributed by atoms with E-state index in [2.05, 4.69) is 0 Å². The lowest BCUT2D eigenvalue weighted by Crippen LogP contribution is -2.44. The van der Waals surface area contributed by atoms with Gasteiger partial charge in [0.25, 0.3) is 5.91 Å². The molecule has 2 heterocycles. The zero-order chi connectivity index (χ0) is 20.6. The first kappa shape index (κ1) is 19.7. The van der Waals surface area contributed by atoms with Gasteiger partial charge in [0.15, 0.2) is 0 Å². The highest BCUT2D eigenvalue weighted by molar-refractivity contribution is 7.89. The van der Waals surface area contributed by atoms with Crippen LogP contribution in [0, 0.1) is 0 Å². The predicted octanol–water partition coefficient (Wildman–Crippen LogP) is 2.38. The smallest absolute Gasteiger partial charge is 0.253 e. The molecule has 0 radical (unpaired) electrons. The average molecular weight is 416 g/mol. The summed E-state index contributed by atoms with van der Waals surface area (Å²) in [6.07, 6.45) is 0.736. The summed E-state index contributed by atoms with van der Waals surface area (Å²) in [4.78, 5) is 15.0. The van der Waals surface area contributed by atoms with Crippen LogP contribution in [0.2, 0.25) is 0 Å². The van der Waals surface area contributed by atoms with Crippen LogP contribution < -0.4 is 9.47 Å². The number of benzene rings is 2. The molecule has 1 amide bonds. The van der Waals surface area contributed by atoms with Gasteiger partial charge in [-0.15, -0.1) is 0 Å². The van der Waals surface area contributed by atoms with E-state index in [1.807, 2.05) is 0 Å². The van der Waals surface area contributed by atoms with Gasteiger partial charge in [-0.2, -0.15) is 4.31 Å². The summed E-state index contributed by atoms with van der Waals surface area (Å²) in [5.74, 6) is 0.910. The topological polar surface area (TPSA) is 76.1 Å². The van der Waals surface area contributed by atoms with E-state index in [0.29, 0.717) is 43.0 Å². The normalized spacial score (nSPS) is 23.7. The molecule has 1 fully saturated rings. The van der Waals surface area contributed by atoms with Crippen molar-refractivity contribution >= 4 is 15.9 Å². The van der Waals surface area contributed by atoms with Crippen LogP contribution in [0.5, 0.6) is 11.5 Å². The molecular formula is C21H24N2O5S. The Hall–Kier alpha value is -2.58. The molecule has 0 unspecified atom stereocenters. The van der Waals surface area contributed by atoms with Crippen molar-refractivity contribution in [1.82, 2.24) is 9.21 Å². The molecule has 7 nitrogen and oxygen atoms in total. The number of para-hydroxylation sites is 1. The first-order valence-electron chi connectivity index (χ1n) is 9.59. The molecule has 2 aliphatic rings. The summed E-state index contributed by atoms with van der Waals surface area (Å²) in [5, 5.41) is 0. The number of likely N-dealkylation sites (tertiary alicyclic amines) is 1. The van der Waals surface area contributed by atoms with Gasteiger partial charge < -0.3 is 14.4 Å². The number of hydrogen-bond acceptors (Lipinski definition) is 5. The second-order valence-corrected chi connectivity index (χ2v) is 9.26. The highest BCUT2D eigenvalue weighted by atomic mass is 32.2. The van der Waals surface area contributed by atoms with E-state index in [1.54, 1.807) is 67.6 Å². The van der Waals surface area contributed by atoms with Crippen LogP contribution in [-0.2, 0) is 10.0 Å². The van der Waals surface area contributed by atoms with Crippen molar-refractivity contribution in [3.8, 4) is 11.5 Å². The SMILES string of the molecule is COc1cccc(C(=O)N2CC[C@@H]3Oc4ccccc4S(=O)(=O)N(C)[C@H]3CC2)c1. The number of methoxy groups -OCH3 is 1. The molecule has 0 saturated carbocycles. The third kappa shape index (κ3) is 3.58. The molecule has 0 aromatic heterocycles. The molecule has 2 aromatic rings. The lowest BCUT2D eigenvalue weighted by atomic mass is 10.1. The standard InChI is InChI=1S/C21H24N2O5S/c1-22-17-10-12-23(21(24)15-6-5-7-16(14-15)27-2)13-11-18(17)28-19-8-3-4-9-20(19)29(22,25)26/h3-9,14,17-18H,10-13H2,1-2H3/t17-,18-/m0/s1. The van der Waals surface area contributed by atoms with Gasteiger partial charge in [-0.1, -0.05) is 18.2 Å². The Labute approximate surface area is 170 Å². The van der Waals surface area contributed by atoms with Crippen LogP contribution in [0.25, 0.3) is 0 Å². The molecule has 8 heteroatoms. The summed E-state index contributed by atoms with van der Waals surface area (Å²) in [6, 6.07) is 13.4. The lowest BCUT2D eigenvalue weighted by Gasteiger charge is -2.28. The fourth-order valence-corrected chi connectivity index (χ4v) is 5.54.